The van der Waals surface area contributed by atoms with Gasteiger partial charge in [0.05, 0.1) is 0 Å². The molecule has 0 radical (unpaired) electrons. The van der Waals surface area contributed by atoms with Crippen LogP contribution in [0.25, 0.3) is 0 Å². The lowest BCUT2D eigenvalue weighted by atomic mass is 9.84. The predicted molar refractivity (Wildman–Crippen MR) is 145 cm³/mol. The normalized spacial score (nSPS) is 22.4. The Labute approximate surface area is 233 Å². The number of allylic oxidation sites excluding steroid dienone is 1. The van der Waals surface area contributed by atoms with Crippen LogP contribution < -0.4 is 10.6 Å². The van der Waals surface area contributed by atoms with Gasteiger partial charge in [0.2, 0.25) is 16.0 Å². The first-order chi connectivity index (χ1) is 18.9. The average molecular weight is 589 g/mol. The summed E-state index contributed by atoms with van der Waals surface area (Å²) in [4.78, 5) is 20.9. The third-order valence-corrected chi connectivity index (χ3v) is 9.27. The molecule has 3 rings (SSSR count). The van der Waals surface area contributed by atoms with Crippen molar-refractivity contribution in [1.82, 2.24) is 19.6 Å². The molecule has 0 amide bonds. The van der Waals surface area contributed by atoms with Crippen LogP contribution in [0.2, 0.25) is 0 Å². The lowest BCUT2D eigenvalue weighted by Gasteiger charge is -2.31. The Hall–Kier alpha value is -2.74. The first kappa shape index (κ1) is 31.8. The van der Waals surface area contributed by atoms with Crippen LogP contribution in [-0.4, -0.2) is 73.3 Å². The highest BCUT2D eigenvalue weighted by atomic mass is 32.2. The summed E-state index contributed by atoms with van der Waals surface area (Å²) < 4.78 is 69.6. The van der Waals surface area contributed by atoms with Crippen molar-refractivity contribution in [3.05, 3.63) is 29.1 Å². The lowest BCUT2D eigenvalue weighted by molar-refractivity contribution is -0.154. The zero-order valence-corrected chi connectivity index (χ0v) is 23.7. The highest BCUT2D eigenvalue weighted by Gasteiger charge is 2.32. The Morgan fingerprint density at radius 3 is 2.35 bits per heavy atom. The minimum Gasteiger partial charge on any atom is -0.462 e. The van der Waals surface area contributed by atoms with E-state index < -0.39 is 34.5 Å². The molecule has 0 aromatic carbocycles. The van der Waals surface area contributed by atoms with E-state index in [0.29, 0.717) is 44.7 Å². The fraction of sp³-hybridized carbons (Fsp3) is 0.692. The van der Waals surface area contributed by atoms with Gasteiger partial charge in [0.1, 0.15) is 11.0 Å². The van der Waals surface area contributed by atoms with Crippen molar-refractivity contribution in [2.75, 3.05) is 25.5 Å². The molecule has 0 bridgehead atoms. The van der Waals surface area contributed by atoms with Gasteiger partial charge in [0, 0.05) is 63.8 Å². The molecule has 2 aliphatic rings. The molecule has 0 unspecified atom stereocenters. The van der Waals surface area contributed by atoms with Crippen molar-refractivity contribution < 1.29 is 31.1 Å². The van der Waals surface area contributed by atoms with Crippen molar-refractivity contribution in [3.8, 4) is 0 Å². The van der Waals surface area contributed by atoms with Crippen LogP contribution in [0.5, 0.6) is 0 Å². The molecule has 3 N–H and O–H groups in total. The molecule has 40 heavy (non-hydrogen) atoms. The maximum Gasteiger partial charge on any atom is 0.389 e. The Kier molecular flexibility index (Phi) is 11.3. The second-order valence-corrected chi connectivity index (χ2v) is 12.5. The number of halogens is 3. The van der Waals surface area contributed by atoms with Crippen molar-refractivity contribution >= 4 is 28.2 Å². The fourth-order valence-electron chi connectivity index (χ4n) is 5.15. The lowest BCUT2D eigenvalue weighted by Crippen LogP contribution is -2.43. The monoisotopic (exact) mass is 588 g/mol. The van der Waals surface area contributed by atoms with Crippen molar-refractivity contribution in [1.29, 1.82) is 5.41 Å². The third-order valence-electron chi connectivity index (χ3n) is 7.39. The van der Waals surface area contributed by atoms with E-state index in [4.69, 9.17) is 10.1 Å². The van der Waals surface area contributed by atoms with Crippen LogP contribution in [0.3, 0.4) is 0 Å². The fourth-order valence-corrected chi connectivity index (χ4v) is 6.55. The van der Waals surface area contributed by atoms with Crippen molar-refractivity contribution in [2.45, 2.75) is 89.0 Å². The molecular formula is C26H39F3N6O4S. The van der Waals surface area contributed by atoms with Crippen LogP contribution in [0.15, 0.2) is 23.5 Å². The van der Waals surface area contributed by atoms with E-state index in [1.165, 1.54) is 17.4 Å². The maximum absolute atomic E-state index is 12.7. The van der Waals surface area contributed by atoms with Crippen LogP contribution in [-0.2, 0) is 19.6 Å². The number of sulfonamides is 1. The summed E-state index contributed by atoms with van der Waals surface area (Å²) in [7, 11) is -2.12. The number of piperidine rings is 1. The molecule has 14 heteroatoms. The minimum atomic E-state index is -4.22. The molecule has 10 nitrogen and oxygen atoms in total. The van der Waals surface area contributed by atoms with Gasteiger partial charge in [-0.05, 0) is 62.3 Å². The number of carbonyl (C=O) groups excluding carboxylic acids is 1. The summed E-state index contributed by atoms with van der Waals surface area (Å²) >= 11 is 0. The molecule has 2 fully saturated rings. The number of carbonyl (C=O) groups is 1. The van der Waals surface area contributed by atoms with Crippen LogP contribution in [0.4, 0.5) is 19.1 Å². The highest BCUT2D eigenvalue weighted by Crippen LogP contribution is 2.34. The molecule has 1 atom stereocenters. The molecule has 0 spiro atoms. The average Bonchev–Trinajstić information content (AvgIpc) is 2.91. The summed E-state index contributed by atoms with van der Waals surface area (Å²) in [5.41, 5.74) is 0.993. The second kappa shape index (κ2) is 14.2. The summed E-state index contributed by atoms with van der Waals surface area (Å²) in [6, 6.07) is 0.0237. The van der Waals surface area contributed by atoms with E-state index in [9.17, 15) is 26.4 Å². The third kappa shape index (κ3) is 9.43. The summed E-state index contributed by atoms with van der Waals surface area (Å²) in [5, 5.41) is 13.3. The minimum absolute atomic E-state index is 0.00742. The largest absolute Gasteiger partial charge is 0.462 e. The molecule has 1 aromatic rings. The number of hydrogen-bond donors (Lipinski definition) is 3. The molecule has 1 aromatic heterocycles. The number of anilines is 1. The number of esters is 1. The Balaban J connectivity index is 1.40. The predicted octanol–water partition coefficient (Wildman–Crippen LogP) is 4.33. The standard InChI is InChI=1S/C26H39F3N6O4S/c1-18(13-26(27,28)29)3-8-24(36)39-22-6-4-19(5-7-22)20-15-32-25(33-16-20)34-21-9-11-35(12-10-21)40(37,38)23(14-30)17-31-2/h14-19,21-22,30-31H,3-13H2,1-2H3,(H,32,33,34)/b23-17+,30-14?/t18-,19-,22+/m1/s1. The van der Waals surface area contributed by atoms with E-state index in [0.717, 1.165) is 24.6 Å². The summed E-state index contributed by atoms with van der Waals surface area (Å²) in [6.45, 7) is 2.14. The van der Waals surface area contributed by atoms with Gasteiger partial charge in [-0.15, -0.1) is 0 Å². The number of alkyl halides is 3. The number of aromatic nitrogens is 2. The van der Waals surface area contributed by atoms with E-state index in [-0.39, 0.29) is 35.8 Å². The molecule has 1 aliphatic heterocycles. The number of ether oxygens (including phenoxy) is 1. The van der Waals surface area contributed by atoms with Crippen LogP contribution in [0, 0.1) is 11.3 Å². The maximum atomic E-state index is 12.7. The Morgan fingerprint density at radius 2 is 1.80 bits per heavy atom. The van der Waals surface area contributed by atoms with Crippen LogP contribution in [0.1, 0.15) is 76.2 Å². The number of nitrogens with zero attached hydrogens (tertiary/aromatic N) is 3. The molecule has 1 aliphatic carbocycles. The topological polar surface area (TPSA) is 137 Å². The second-order valence-electron chi connectivity index (χ2n) is 10.6. The SMILES string of the molecule is CN/C=C(\C=N)S(=O)(=O)N1CCC(Nc2ncc([C@H]3CC[C@@H](OC(=O)CC[C@@H](C)CC(F)(F)F)CC3)cn2)CC1. The first-order valence-corrected chi connectivity index (χ1v) is 15.1. The van der Waals surface area contributed by atoms with E-state index >= 15 is 0 Å². The van der Waals surface area contributed by atoms with Gasteiger partial charge in [-0.3, -0.25) is 4.79 Å². The molecule has 1 saturated carbocycles. The number of rotatable bonds is 12. The number of hydrogen-bond acceptors (Lipinski definition) is 9. The van der Waals surface area contributed by atoms with Gasteiger partial charge >= 0.3 is 12.1 Å². The molecule has 224 valence electrons. The smallest absolute Gasteiger partial charge is 0.389 e. The van der Waals surface area contributed by atoms with E-state index in [1.807, 2.05) is 0 Å². The van der Waals surface area contributed by atoms with Gasteiger partial charge in [0.15, 0.2) is 0 Å². The van der Waals surface area contributed by atoms with Gasteiger partial charge in [-0.1, -0.05) is 6.92 Å². The zero-order chi connectivity index (χ0) is 29.3. The van der Waals surface area contributed by atoms with Gasteiger partial charge in [-0.25, -0.2) is 18.4 Å². The highest BCUT2D eigenvalue weighted by molar-refractivity contribution is 7.93. The summed E-state index contributed by atoms with van der Waals surface area (Å²) in [5.74, 6) is -0.346. The van der Waals surface area contributed by atoms with Crippen LogP contribution >= 0.6 is 0 Å². The first-order valence-electron chi connectivity index (χ1n) is 13.6. The van der Waals surface area contributed by atoms with Gasteiger partial charge in [0.25, 0.3) is 0 Å². The van der Waals surface area contributed by atoms with E-state index in [1.54, 1.807) is 19.4 Å². The molecule has 1 saturated heterocycles. The Bertz CT molecular complexity index is 1110. The summed E-state index contributed by atoms with van der Waals surface area (Å²) in [6.07, 6.45) is 4.63. The van der Waals surface area contributed by atoms with Gasteiger partial charge in [-0.2, -0.15) is 17.5 Å². The van der Waals surface area contributed by atoms with Crippen molar-refractivity contribution in [3.63, 3.8) is 0 Å². The van der Waals surface area contributed by atoms with Crippen molar-refractivity contribution in [2.24, 2.45) is 5.92 Å². The van der Waals surface area contributed by atoms with Gasteiger partial charge < -0.3 is 20.8 Å². The number of nitrogens with one attached hydrogen (secondary N) is 3. The quantitative estimate of drug-likeness (QED) is 0.242. The zero-order valence-electron chi connectivity index (χ0n) is 22.9. The van der Waals surface area contributed by atoms with E-state index in [2.05, 4.69) is 20.6 Å². The Morgan fingerprint density at radius 1 is 1.18 bits per heavy atom. The molecular weight excluding hydrogens is 549 g/mol. The molecule has 2 heterocycles.